The van der Waals surface area contributed by atoms with Crippen molar-refractivity contribution in [1.82, 2.24) is 0 Å². The van der Waals surface area contributed by atoms with E-state index in [1.807, 2.05) is 13.0 Å². The number of hydrogen-bond donors (Lipinski definition) is 2. The maximum atomic E-state index is 9.88. The lowest BCUT2D eigenvalue weighted by Gasteiger charge is -2.09. The molecule has 2 nitrogen and oxygen atoms in total. The van der Waals surface area contributed by atoms with E-state index in [-0.39, 0.29) is 6.10 Å². The molecule has 0 spiro atoms. The second-order valence-electron chi connectivity index (χ2n) is 4.84. The third-order valence-electron chi connectivity index (χ3n) is 3.36. The summed E-state index contributed by atoms with van der Waals surface area (Å²) in [6.07, 6.45) is 5.84. The van der Waals surface area contributed by atoms with Crippen LogP contribution in [0.15, 0.2) is 12.1 Å². The molecule has 1 aliphatic rings. The number of aliphatic hydroxyl groups is 1. The van der Waals surface area contributed by atoms with E-state index in [1.54, 1.807) is 0 Å². The van der Waals surface area contributed by atoms with Crippen molar-refractivity contribution in [2.45, 2.75) is 51.6 Å². The van der Waals surface area contributed by atoms with E-state index in [4.69, 9.17) is 0 Å². The molecule has 1 atom stereocenters. The Labute approximate surface area is 96.9 Å². The Hall–Kier alpha value is -1.02. The van der Waals surface area contributed by atoms with Gasteiger partial charge in [0.15, 0.2) is 0 Å². The molecule has 0 unspecified atom stereocenters. The first kappa shape index (κ1) is 11.5. The molecule has 0 aliphatic heterocycles. The van der Waals surface area contributed by atoms with Gasteiger partial charge < -0.3 is 10.2 Å². The average molecular weight is 220 g/mol. The van der Waals surface area contributed by atoms with Crippen molar-refractivity contribution in [3.05, 3.63) is 28.8 Å². The molecule has 0 aromatic heterocycles. The van der Waals surface area contributed by atoms with Gasteiger partial charge in [0.1, 0.15) is 5.75 Å². The van der Waals surface area contributed by atoms with Crippen LogP contribution in [0.4, 0.5) is 0 Å². The highest BCUT2D eigenvalue weighted by atomic mass is 16.3. The molecule has 2 rings (SSSR count). The minimum atomic E-state index is -0.239. The summed E-state index contributed by atoms with van der Waals surface area (Å²) in [5.41, 5.74) is 3.77. The Morgan fingerprint density at radius 1 is 1.25 bits per heavy atom. The van der Waals surface area contributed by atoms with Gasteiger partial charge in [-0.2, -0.15) is 0 Å². The van der Waals surface area contributed by atoms with Gasteiger partial charge in [0.05, 0.1) is 6.10 Å². The fourth-order valence-corrected chi connectivity index (χ4v) is 2.45. The summed E-state index contributed by atoms with van der Waals surface area (Å²) in [5.74, 6) is 0.436. The van der Waals surface area contributed by atoms with E-state index in [1.165, 1.54) is 17.5 Å². The number of aryl methyl sites for hydroxylation is 3. The van der Waals surface area contributed by atoms with Crippen LogP contribution >= 0.6 is 0 Å². The van der Waals surface area contributed by atoms with Crippen molar-refractivity contribution in [3.63, 3.8) is 0 Å². The molecule has 1 aliphatic carbocycles. The highest BCUT2D eigenvalue weighted by Gasteiger charge is 2.14. The molecule has 88 valence electrons. The standard InChI is InChI=1S/C14H20O2/c1-10(15)4-2-7-13-8-11-5-3-6-12(11)9-14(13)16/h8-10,15-16H,2-7H2,1H3/t10-/m0/s1. The molecule has 0 bridgehead atoms. The average Bonchev–Trinajstić information content (AvgIpc) is 2.64. The van der Waals surface area contributed by atoms with Crippen LogP contribution in [0.1, 0.15) is 42.9 Å². The first-order valence-corrected chi connectivity index (χ1v) is 6.18. The largest absolute Gasteiger partial charge is 0.508 e. The second-order valence-corrected chi connectivity index (χ2v) is 4.84. The van der Waals surface area contributed by atoms with Crippen LogP contribution < -0.4 is 0 Å². The molecule has 2 N–H and O–H groups in total. The monoisotopic (exact) mass is 220 g/mol. The number of aliphatic hydroxyl groups excluding tert-OH is 1. The summed E-state index contributed by atoms with van der Waals surface area (Å²) in [7, 11) is 0. The predicted octanol–water partition coefficient (Wildman–Crippen LogP) is 2.58. The summed E-state index contributed by atoms with van der Waals surface area (Å²) in [6.45, 7) is 1.81. The van der Waals surface area contributed by atoms with Crippen LogP contribution in [-0.4, -0.2) is 16.3 Å². The van der Waals surface area contributed by atoms with Gasteiger partial charge in [-0.15, -0.1) is 0 Å². The minimum Gasteiger partial charge on any atom is -0.508 e. The highest BCUT2D eigenvalue weighted by molar-refractivity contribution is 5.44. The molecule has 0 heterocycles. The Balaban J connectivity index is 2.04. The summed E-state index contributed by atoms with van der Waals surface area (Å²) in [5, 5.41) is 19.1. The van der Waals surface area contributed by atoms with Crippen LogP contribution in [0.3, 0.4) is 0 Å². The number of fused-ring (bicyclic) bond motifs is 1. The summed E-state index contributed by atoms with van der Waals surface area (Å²) >= 11 is 0. The molecular formula is C14H20O2. The van der Waals surface area contributed by atoms with Crippen molar-refractivity contribution in [1.29, 1.82) is 0 Å². The normalized spacial score (nSPS) is 16.1. The van der Waals surface area contributed by atoms with E-state index in [0.717, 1.165) is 37.7 Å². The van der Waals surface area contributed by atoms with Crippen molar-refractivity contribution in [3.8, 4) is 5.75 Å². The van der Waals surface area contributed by atoms with Crippen LogP contribution in [-0.2, 0) is 19.3 Å². The molecule has 2 heteroatoms. The number of hydrogen-bond acceptors (Lipinski definition) is 2. The number of aromatic hydroxyl groups is 1. The first-order chi connectivity index (χ1) is 7.66. The van der Waals surface area contributed by atoms with Gasteiger partial charge in [0.25, 0.3) is 0 Å². The lowest BCUT2D eigenvalue weighted by Crippen LogP contribution is -2.00. The number of phenols is 1. The Morgan fingerprint density at radius 2 is 1.94 bits per heavy atom. The van der Waals surface area contributed by atoms with E-state index < -0.39 is 0 Å². The molecular weight excluding hydrogens is 200 g/mol. The third-order valence-corrected chi connectivity index (χ3v) is 3.36. The van der Waals surface area contributed by atoms with E-state index >= 15 is 0 Å². The van der Waals surface area contributed by atoms with Gasteiger partial charge in [-0.25, -0.2) is 0 Å². The van der Waals surface area contributed by atoms with Crippen LogP contribution in [0.5, 0.6) is 5.75 Å². The molecule has 1 aromatic carbocycles. The molecule has 0 saturated carbocycles. The molecule has 0 fully saturated rings. The molecule has 0 amide bonds. The lowest BCUT2D eigenvalue weighted by molar-refractivity contribution is 0.181. The third kappa shape index (κ3) is 2.56. The van der Waals surface area contributed by atoms with Gasteiger partial charge in [-0.05, 0) is 68.2 Å². The Morgan fingerprint density at radius 3 is 2.62 bits per heavy atom. The number of benzene rings is 1. The maximum Gasteiger partial charge on any atom is 0.119 e. The van der Waals surface area contributed by atoms with Gasteiger partial charge in [0.2, 0.25) is 0 Å². The summed E-state index contributed by atoms with van der Waals surface area (Å²) < 4.78 is 0. The van der Waals surface area contributed by atoms with Gasteiger partial charge in [-0.3, -0.25) is 0 Å². The molecule has 0 radical (unpaired) electrons. The quantitative estimate of drug-likeness (QED) is 0.818. The van der Waals surface area contributed by atoms with Gasteiger partial charge in [-0.1, -0.05) is 6.07 Å². The van der Waals surface area contributed by atoms with E-state index in [9.17, 15) is 10.2 Å². The topological polar surface area (TPSA) is 40.5 Å². The van der Waals surface area contributed by atoms with Crippen LogP contribution in [0.25, 0.3) is 0 Å². The number of phenolic OH excluding ortho intramolecular Hbond substituents is 1. The van der Waals surface area contributed by atoms with Crippen molar-refractivity contribution in [2.24, 2.45) is 0 Å². The second kappa shape index (κ2) is 4.88. The fourth-order valence-electron chi connectivity index (χ4n) is 2.45. The molecule has 1 aromatic rings. The Bertz CT molecular complexity index is 369. The molecule has 0 saturated heterocycles. The lowest BCUT2D eigenvalue weighted by atomic mass is 10.0. The zero-order valence-corrected chi connectivity index (χ0v) is 9.87. The van der Waals surface area contributed by atoms with Gasteiger partial charge in [0, 0.05) is 0 Å². The van der Waals surface area contributed by atoms with E-state index in [2.05, 4.69) is 6.07 Å². The summed E-state index contributed by atoms with van der Waals surface area (Å²) in [6, 6.07) is 4.08. The van der Waals surface area contributed by atoms with Gasteiger partial charge >= 0.3 is 0 Å². The zero-order chi connectivity index (χ0) is 11.5. The maximum absolute atomic E-state index is 9.88. The predicted molar refractivity (Wildman–Crippen MR) is 64.8 cm³/mol. The smallest absolute Gasteiger partial charge is 0.119 e. The van der Waals surface area contributed by atoms with Crippen molar-refractivity contribution < 1.29 is 10.2 Å². The molecule has 16 heavy (non-hydrogen) atoms. The van der Waals surface area contributed by atoms with Crippen molar-refractivity contribution in [2.75, 3.05) is 0 Å². The van der Waals surface area contributed by atoms with Crippen molar-refractivity contribution >= 4 is 0 Å². The number of rotatable bonds is 4. The summed E-state index contributed by atoms with van der Waals surface area (Å²) in [4.78, 5) is 0. The van der Waals surface area contributed by atoms with Crippen LogP contribution in [0.2, 0.25) is 0 Å². The Kier molecular flexibility index (Phi) is 3.49. The highest BCUT2D eigenvalue weighted by Crippen LogP contribution is 2.30. The fraction of sp³-hybridized carbons (Fsp3) is 0.571. The first-order valence-electron chi connectivity index (χ1n) is 6.18. The zero-order valence-electron chi connectivity index (χ0n) is 9.87. The van der Waals surface area contributed by atoms with E-state index in [0.29, 0.717) is 5.75 Å². The minimum absolute atomic E-state index is 0.239. The SMILES string of the molecule is C[C@H](O)CCCc1cc2c(cc1O)CCC2. The van der Waals surface area contributed by atoms with Crippen LogP contribution in [0, 0.1) is 0 Å².